The first-order valence-corrected chi connectivity index (χ1v) is 8.99. The molecular formula is C23H22N2O3. The van der Waals surface area contributed by atoms with Crippen molar-refractivity contribution in [2.45, 2.75) is 13.1 Å². The van der Waals surface area contributed by atoms with Crippen molar-refractivity contribution in [3.05, 3.63) is 101 Å². The van der Waals surface area contributed by atoms with E-state index in [1.165, 1.54) is 7.11 Å². The van der Waals surface area contributed by atoms with Crippen LogP contribution >= 0.6 is 0 Å². The van der Waals surface area contributed by atoms with Gasteiger partial charge in [-0.2, -0.15) is 0 Å². The van der Waals surface area contributed by atoms with Crippen molar-refractivity contribution in [3.8, 4) is 0 Å². The Morgan fingerprint density at radius 2 is 1.54 bits per heavy atom. The summed E-state index contributed by atoms with van der Waals surface area (Å²) < 4.78 is 4.76. The lowest BCUT2D eigenvalue weighted by Gasteiger charge is -2.13. The minimum absolute atomic E-state index is 0.143. The van der Waals surface area contributed by atoms with Gasteiger partial charge in [0.05, 0.1) is 18.2 Å². The van der Waals surface area contributed by atoms with Gasteiger partial charge in [-0.25, -0.2) is 4.79 Å². The second-order valence-electron chi connectivity index (χ2n) is 6.26. The molecule has 3 rings (SSSR count). The lowest BCUT2D eigenvalue weighted by atomic mass is 10.1. The molecule has 3 aromatic carbocycles. The molecule has 5 heteroatoms. The van der Waals surface area contributed by atoms with E-state index in [0.29, 0.717) is 24.2 Å². The summed E-state index contributed by atoms with van der Waals surface area (Å²) in [6.45, 7) is 0.947. The van der Waals surface area contributed by atoms with Crippen LogP contribution in [0.2, 0.25) is 0 Å². The largest absolute Gasteiger partial charge is 0.465 e. The molecule has 0 saturated heterocycles. The minimum Gasteiger partial charge on any atom is -0.465 e. The fourth-order valence-electron chi connectivity index (χ4n) is 2.83. The van der Waals surface area contributed by atoms with E-state index < -0.39 is 0 Å². The van der Waals surface area contributed by atoms with E-state index in [9.17, 15) is 9.59 Å². The Morgan fingerprint density at radius 1 is 0.821 bits per heavy atom. The van der Waals surface area contributed by atoms with Crippen LogP contribution in [0.1, 0.15) is 31.8 Å². The predicted molar refractivity (Wildman–Crippen MR) is 109 cm³/mol. The molecule has 0 fully saturated rings. The quantitative estimate of drug-likeness (QED) is 0.613. The molecule has 5 nitrogen and oxygen atoms in total. The van der Waals surface area contributed by atoms with Gasteiger partial charge in [0.2, 0.25) is 0 Å². The molecule has 0 atom stereocenters. The van der Waals surface area contributed by atoms with E-state index in [4.69, 9.17) is 4.74 Å². The Kier molecular flexibility index (Phi) is 6.41. The van der Waals surface area contributed by atoms with Gasteiger partial charge in [-0.1, -0.05) is 54.6 Å². The molecule has 0 unspecified atom stereocenters. The maximum atomic E-state index is 12.6. The van der Waals surface area contributed by atoms with E-state index in [0.717, 1.165) is 16.8 Å². The summed E-state index contributed by atoms with van der Waals surface area (Å²) in [5, 5.41) is 6.23. The zero-order valence-corrected chi connectivity index (χ0v) is 15.6. The van der Waals surface area contributed by atoms with Crippen LogP contribution in [0.5, 0.6) is 0 Å². The topological polar surface area (TPSA) is 67.4 Å². The number of carbonyl (C=O) groups excluding carboxylic acids is 2. The Labute approximate surface area is 164 Å². The molecular weight excluding hydrogens is 352 g/mol. The molecule has 0 aromatic heterocycles. The average Bonchev–Trinajstić information content (AvgIpc) is 2.76. The zero-order chi connectivity index (χ0) is 19.8. The summed E-state index contributed by atoms with van der Waals surface area (Å²) in [5.41, 5.74) is 3.76. The molecule has 1 amide bonds. The monoisotopic (exact) mass is 374 g/mol. The molecule has 0 aliphatic heterocycles. The number of methoxy groups -OCH3 is 1. The molecule has 0 radical (unpaired) electrons. The van der Waals surface area contributed by atoms with Gasteiger partial charge in [0.15, 0.2) is 0 Å². The first kappa shape index (κ1) is 19.2. The number of anilines is 1. The van der Waals surface area contributed by atoms with Crippen molar-refractivity contribution < 1.29 is 14.3 Å². The summed E-state index contributed by atoms with van der Waals surface area (Å²) in [7, 11) is 1.36. The highest BCUT2D eigenvalue weighted by atomic mass is 16.5. The predicted octanol–water partition coefficient (Wildman–Crippen LogP) is 4.02. The van der Waals surface area contributed by atoms with Crippen LogP contribution in [0.4, 0.5) is 5.69 Å². The van der Waals surface area contributed by atoms with Crippen molar-refractivity contribution >= 4 is 17.6 Å². The molecule has 2 N–H and O–H groups in total. The molecule has 0 heterocycles. The lowest BCUT2D eigenvalue weighted by molar-refractivity contribution is 0.0600. The number of nitrogens with one attached hydrogen (secondary N) is 2. The van der Waals surface area contributed by atoms with Gasteiger partial charge in [-0.3, -0.25) is 4.79 Å². The Balaban J connectivity index is 1.67. The Bertz CT molecular complexity index is 955. The fraction of sp³-hybridized carbons (Fsp3) is 0.130. The number of hydrogen-bond acceptors (Lipinski definition) is 4. The van der Waals surface area contributed by atoms with Gasteiger partial charge in [-0.15, -0.1) is 0 Å². The van der Waals surface area contributed by atoms with Gasteiger partial charge in [-0.05, 0) is 35.4 Å². The molecule has 142 valence electrons. The van der Waals surface area contributed by atoms with E-state index in [-0.39, 0.29) is 11.9 Å². The van der Waals surface area contributed by atoms with Gasteiger partial charge in [0.1, 0.15) is 0 Å². The van der Waals surface area contributed by atoms with E-state index >= 15 is 0 Å². The third-order valence-corrected chi connectivity index (χ3v) is 4.30. The van der Waals surface area contributed by atoms with Crippen LogP contribution in [0.3, 0.4) is 0 Å². The third kappa shape index (κ3) is 4.98. The van der Waals surface area contributed by atoms with E-state index in [1.807, 2.05) is 60.7 Å². The molecule has 0 saturated carbocycles. The van der Waals surface area contributed by atoms with Crippen molar-refractivity contribution in [1.29, 1.82) is 0 Å². The van der Waals surface area contributed by atoms with Crippen molar-refractivity contribution in [3.63, 3.8) is 0 Å². The van der Waals surface area contributed by atoms with E-state index in [1.54, 1.807) is 18.2 Å². The average molecular weight is 374 g/mol. The highest BCUT2D eigenvalue weighted by Crippen LogP contribution is 2.17. The van der Waals surface area contributed by atoms with Crippen LogP contribution in [-0.2, 0) is 17.8 Å². The second-order valence-corrected chi connectivity index (χ2v) is 6.26. The van der Waals surface area contributed by atoms with Crippen LogP contribution in [-0.4, -0.2) is 19.0 Å². The summed E-state index contributed by atoms with van der Waals surface area (Å²) in [4.78, 5) is 24.3. The highest BCUT2D eigenvalue weighted by Gasteiger charge is 2.11. The highest BCUT2D eigenvalue weighted by molar-refractivity contribution is 5.99. The lowest BCUT2D eigenvalue weighted by Crippen LogP contribution is -2.23. The summed E-state index contributed by atoms with van der Waals surface area (Å²) >= 11 is 0. The summed E-state index contributed by atoms with van der Waals surface area (Å²) in [6, 6.07) is 24.3. The minimum atomic E-state index is -0.373. The van der Waals surface area contributed by atoms with Gasteiger partial charge in [0, 0.05) is 18.8 Å². The molecule has 0 spiro atoms. The number of amides is 1. The smallest absolute Gasteiger partial charge is 0.337 e. The van der Waals surface area contributed by atoms with Crippen molar-refractivity contribution in [2.75, 3.05) is 12.4 Å². The van der Waals surface area contributed by atoms with Crippen LogP contribution in [0.15, 0.2) is 78.9 Å². The molecule has 0 bridgehead atoms. The number of hydrogen-bond donors (Lipinski definition) is 2. The van der Waals surface area contributed by atoms with Gasteiger partial charge >= 0.3 is 5.97 Å². The zero-order valence-electron chi connectivity index (χ0n) is 15.6. The van der Waals surface area contributed by atoms with Gasteiger partial charge in [0.25, 0.3) is 5.91 Å². The summed E-state index contributed by atoms with van der Waals surface area (Å²) in [5.74, 6) is -0.516. The Morgan fingerprint density at radius 3 is 2.32 bits per heavy atom. The maximum absolute atomic E-state index is 12.6. The number of para-hydroxylation sites is 1. The normalized spacial score (nSPS) is 10.2. The van der Waals surface area contributed by atoms with E-state index in [2.05, 4.69) is 10.6 Å². The third-order valence-electron chi connectivity index (χ3n) is 4.30. The first-order valence-electron chi connectivity index (χ1n) is 8.99. The molecule has 3 aromatic rings. The molecule has 0 aliphatic carbocycles. The van der Waals surface area contributed by atoms with Crippen molar-refractivity contribution in [1.82, 2.24) is 5.32 Å². The standard InChI is InChI=1S/C23H22N2O3/c1-28-23(27)19-11-7-10-18(14-19)16-24-21-13-6-5-12-20(21)22(26)25-15-17-8-3-2-4-9-17/h2-14,24H,15-16H2,1H3,(H,25,26). The number of rotatable bonds is 7. The number of benzene rings is 3. The van der Waals surface area contributed by atoms with Crippen LogP contribution in [0, 0.1) is 0 Å². The molecule has 28 heavy (non-hydrogen) atoms. The van der Waals surface area contributed by atoms with Crippen LogP contribution in [0.25, 0.3) is 0 Å². The second kappa shape index (κ2) is 9.37. The number of ether oxygens (including phenoxy) is 1. The molecule has 0 aliphatic rings. The maximum Gasteiger partial charge on any atom is 0.337 e. The first-order chi connectivity index (χ1) is 13.7. The number of carbonyl (C=O) groups is 2. The number of esters is 1. The summed E-state index contributed by atoms with van der Waals surface area (Å²) in [6.07, 6.45) is 0. The van der Waals surface area contributed by atoms with Crippen molar-refractivity contribution in [2.24, 2.45) is 0 Å². The van der Waals surface area contributed by atoms with Gasteiger partial charge < -0.3 is 15.4 Å². The van der Waals surface area contributed by atoms with Crippen LogP contribution < -0.4 is 10.6 Å². The Hall–Kier alpha value is -3.60. The fourth-order valence-corrected chi connectivity index (χ4v) is 2.83. The SMILES string of the molecule is COC(=O)c1cccc(CNc2ccccc2C(=O)NCc2ccccc2)c1.